The second kappa shape index (κ2) is 25.4. The number of halogens is 4. The van der Waals surface area contributed by atoms with E-state index in [1.54, 1.807) is 0 Å². The van der Waals surface area contributed by atoms with Crippen LogP contribution in [0.1, 0.15) is 138 Å². The van der Waals surface area contributed by atoms with Crippen molar-refractivity contribution in [2.45, 2.75) is 132 Å². The van der Waals surface area contributed by atoms with Gasteiger partial charge in [0, 0.05) is 5.02 Å². The van der Waals surface area contributed by atoms with Crippen LogP contribution in [0.2, 0.25) is 5.02 Å². The molecule has 0 unspecified atom stereocenters. The van der Waals surface area contributed by atoms with Crippen LogP contribution >= 0.6 is 11.6 Å². The molecule has 0 aliphatic rings. The van der Waals surface area contributed by atoms with Gasteiger partial charge in [0.15, 0.2) is 0 Å². The molecule has 1 aromatic heterocycles. The molecule has 3 rings (SSSR count). The fraction of sp³-hybridized carbons (Fsp3) is 0.513. The van der Waals surface area contributed by atoms with Gasteiger partial charge in [0.25, 0.3) is 0 Å². The Balaban J connectivity index is 0. The zero-order chi connectivity index (χ0) is 31.4. The van der Waals surface area contributed by atoms with Crippen LogP contribution in [0.5, 0.6) is 0 Å². The number of pyridine rings is 1. The minimum atomic E-state index is 0. The number of benzene rings is 2. The summed E-state index contributed by atoms with van der Waals surface area (Å²) in [6.07, 6.45) is 13.5. The summed E-state index contributed by atoms with van der Waals surface area (Å²) >= 11 is 6.73. The van der Waals surface area contributed by atoms with E-state index in [1.165, 1.54) is 59.1 Å². The summed E-state index contributed by atoms with van der Waals surface area (Å²) in [4.78, 5) is 15.6. The normalized spacial score (nSPS) is 11.3. The molecule has 0 atom stereocenters. The van der Waals surface area contributed by atoms with Crippen LogP contribution in [0.3, 0.4) is 0 Å². The predicted molar refractivity (Wildman–Crippen MR) is 190 cm³/mol. The van der Waals surface area contributed by atoms with Crippen molar-refractivity contribution in [1.82, 2.24) is 4.98 Å². The molecular weight excluding hydrogens is 797 g/mol. The van der Waals surface area contributed by atoms with Gasteiger partial charge in [0.1, 0.15) is 0 Å². The first-order valence-electron chi connectivity index (χ1n) is 16.7. The molecule has 0 bridgehead atoms. The maximum atomic E-state index is 6.73. The van der Waals surface area contributed by atoms with Crippen LogP contribution < -0.4 is 37.2 Å². The monoisotopic (exact) mass is 846 g/mol. The third-order valence-corrected chi connectivity index (χ3v) is 8.33. The Kier molecular flexibility index (Phi) is 26.2. The van der Waals surface area contributed by atoms with Crippen molar-refractivity contribution in [2.75, 3.05) is 0 Å². The van der Waals surface area contributed by atoms with Gasteiger partial charge in [-0.1, -0.05) is 100 Å². The largest absolute Gasteiger partial charge is 3.00 e. The van der Waals surface area contributed by atoms with Gasteiger partial charge in [-0.25, -0.2) is 4.98 Å². The molecule has 0 aliphatic carbocycles. The van der Waals surface area contributed by atoms with E-state index in [0.717, 1.165) is 85.6 Å². The molecule has 2 aromatic carbocycles. The summed E-state index contributed by atoms with van der Waals surface area (Å²) in [6.45, 7) is 17.5. The van der Waals surface area contributed by atoms with E-state index in [1.807, 2.05) is 12.1 Å². The molecule has 0 N–H and O–H groups in total. The van der Waals surface area contributed by atoms with Crippen LogP contribution in [-0.4, -0.2) is 16.4 Å². The summed E-state index contributed by atoms with van der Waals surface area (Å²) in [6, 6.07) is 13.1. The quantitative estimate of drug-likeness (QED) is 0.205. The van der Waals surface area contributed by atoms with Gasteiger partial charge in [0.05, 0.1) is 34.2 Å². The van der Waals surface area contributed by atoms with E-state index in [2.05, 4.69) is 79.7 Å². The van der Waals surface area contributed by atoms with Gasteiger partial charge in [-0.3, -0.25) is 9.98 Å². The Morgan fingerprint density at radius 1 is 0.553 bits per heavy atom. The molecule has 257 valence electrons. The van der Waals surface area contributed by atoms with Gasteiger partial charge in [-0.2, -0.15) is 0 Å². The SMILES string of the molecule is CCCCc1cc(C)cc(CCCC)c1N=C(C)c1cc(Cl)cc(C(C)=Nc2c(CCCC)cc(C)cc2CCCC)n1.[Cl-].[Cl-].[Cl-].[Nd+3]. The maximum absolute atomic E-state index is 6.73. The van der Waals surface area contributed by atoms with Gasteiger partial charge < -0.3 is 37.2 Å². The van der Waals surface area contributed by atoms with Crippen molar-refractivity contribution in [3.05, 3.63) is 86.2 Å². The third kappa shape index (κ3) is 15.1. The number of unbranched alkanes of at least 4 members (excludes halogenated alkanes) is 4. The topological polar surface area (TPSA) is 37.6 Å². The van der Waals surface area contributed by atoms with E-state index in [4.69, 9.17) is 26.6 Å². The Hall–Kier alpha value is -0.559. The van der Waals surface area contributed by atoms with Gasteiger partial charge >= 0.3 is 40.8 Å². The van der Waals surface area contributed by atoms with E-state index in [9.17, 15) is 0 Å². The molecule has 47 heavy (non-hydrogen) atoms. The smallest absolute Gasteiger partial charge is 1.00 e. The van der Waals surface area contributed by atoms with E-state index in [0.29, 0.717) is 5.02 Å². The first-order valence-corrected chi connectivity index (χ1v) is 17.1. The standard InChI is InChI=1S/C39H54ClN3.3ClH.Nd/c1-9-13-17-31-21-27(5)22-32(18-14-10-2)38(31)41-29(7)36-25-35(40)26-37(43-36)30(8)42-39-33(19-15-11-3)23-28(6)24-34(39)20-16-12-4;;;;/h21-26H,9-20H2,1-8H3;3*1H;/q;;;;+3/p-3. The molecule has 1 heterocycles. The van der Waals surface area contributed by atoms with Crippen molar-refractivity contribution in [3.8, 4) is 0 Å². The summed E-state index contributed by atoms with van der Waals surface area (Å²) in [5.41, 5.74) is 13.6. The summed E-state index contributed by atoms with van der Waals surface area (Å²) in [7, 11) is 0. The molecule has 0 fully saturated rings. The van der Waals surface area contributed by atoms with Crippen molar-refractivity contribution in [1.29, 1.82) is 0 Å². The van der Waals surface area contributed by atoms with E-state index in [-0.39, 0.29) is 78.1 Å². The molecular formula is C39H54Cl4N3Nd. The Morgan fingerprint density at radius 2 is 0.830 bits per heavy atom. The van der Waals surface area contributed by atoms with E-state index < -0.39 is 0 Å². The van der Waals surface area contributed by atoms with Gasteiger partial charge in [-0.15, -0.1) is 0 Å². The van der Waals surface area contributed by atoms with Crippen LogP contribution in [0, 0.1) is 54.7 Å². The maximum Gasteiger partial charge on any atom is 3.00 e. The summed E-state index contributed by atoms with van der Waals surface area (Å²) in [5, 5.41) is 0.659. The van der Waals surface area contributed by atoms with Crippen molar-refractivity contribution < 1.29 is 78.1 Å². The molecule has 0 spiro atoms. The number of hydrogen-bond acceptors (Lipinski definition) is 3. The van der Waals surface area contributed by atoms with Gasteiger partial charge in [-0.05, 0) is 113 Å². The number of nitrogens with zero attached hydrogens (tertiary/aromatic N) is 3. The minimum Gasteiger partial charge on any atom is -1.00 e. The third-order valence-electron chi connectivity index (χ3n) is 8.11. The zero-order valence-corrected chi connectivity index (χ0v) is 36.0. The average molecular weight is 851 g/mol. The molecule has 0 saturated heterocycles. The summed E-state index contributed by atoms with van der Waals surface area (Å²) in [5.74, 6) is 0. The van der Waals surface area contributed by atoms with Gasteiger partial charge in [0.2, 0.25) is 0 Å². The number of aliphatic imine (C=N–C) groups is 2. The Morgan fingerprint density at radius 3 is 1.09 bits per heavy atom. The molecule has 8 heteroatoms. The second-order valence-electron chi connectivity index (χ2n) is 12.2. The first-order chi connectivity index (χ1) is 20.7. The fourth-order valence-corrected chi connectivity index (χ4v) is 5.91. The van der Waals surface area contributed by atoms with Crippen molar-refractivity contribution in [2.24, 2.45) is 9.98 Å². The second-order valence-corrected chi connectivity index (χ2v) is 12.7. The molecule has 0 saturated carbocycles. The van der Waals surface area contributed by atoms with E-state index >= 15 is 0 Å². The molecule has 0 amide bonds. The first kappa shape index (κ1) is 48.6. The van der Waals surface area contributed by atoms with Crippen molar-refractivity contribution >= 4 is 34.4 Å². The number of aryl methyl sites for hydroxylation is 6. The van der Waals surface area contributed by atoms with Crippen molar-refractivity contribution in [3.63, 3.8) is 0 Å². The molecule has 3 aromatic rings. The fourth-order valence-electron chi connectivity index (χ4n) is 5.70. The molecule has 0 aliphatic heterocycles. The molecule has 3 nitrogen and oxygen atoms in total. The van der Waals surface area contributed by atoms with Crippen LogP contribution in [0.25, 0.3) is 0 Å². The zero-order valence-electron chi connectivity index (χ0n) is 29.8. The van der Waals surface area contributed by atoms with Crippen LogP contribution in [0.4, 0.5) is 11.4 Å². The number of rotatable bonds is 16. The summed E-state index contributed by atoms with van der Waals surface area (Å²) < 4.78 is 0. The Bertz CT molecular complexity index is 1270. The number of hydrogen-bond donors (Lipinski definition) is 0. The Labute approximate surface area is 342 Å². The average Bonchev–Trinajstić information content (AvgIpc) is 2.98. The number of aromatic nitrogens is 1. The van der Waals surface area contributed by atoms with Crippen LogP contribution in [-0.2, 0) is 25.7 Å². The predicted octanol–water partition coefficient (Wildman–Crippen LogP) is 3.02. The van der Waals surface area contributed by atoms with Crippen LogP contribution in [0.15, 0.2) is 46.4 Å². The molecule has 1 radical (unpaired) electrons. The minimum absolute atomic E-state index is 0.